The molecule has 7 nitrogen and oxygen atoms in total. The number of nitrogens with zero attached hydrogens (tertiary/aromatic N) is 1. The standard InChI is InChI=1S/C22H24FN3O4S/c1-2-11-24-31(29,30)20-14-17(9-10-19(20)23)22(28)25-18-7-5-6-16(13-18)15-26-12-4-3-8-21(26)27/h2,5-7,9-10,13-14,24H,1,3-4,8,11-12,15H2,(H,25,28). The van der Waals surface area contributed by atoms with Crippen LogP contribution in [0.4, 0.5) is 10.1 Å². The van der Waals surface area contributed by atoms with E-state index in [0.29, 0.717) is 25.2 Å². The van der Waals surface area contributed by atoms with Gasteiger partial charge in [0.1, 0.15) is 10.7 Å². The van der Waals surface area contributed by atoms with Crippen molar-refractivity contribution in [3.8, 4) is 0 Å². The molecule has 2 amide bonds. The van der Waals surface area contributed by atoms with Crippen LogP contribution < -0.4 is 10.0 Å². The monoisotopic (exact) mass is 445 g/mol. The van der Waals surface area contributed by atoms with Gasteiger partial charge in [-0.1, -0.05) is 18.2 Å². The van der Waals surface area contributed by atoms with Gasteiger partial charge in [0.15, 0.2) is 0 Å². The van der Waals surface area contributed by atoms with E-state index < -0.39 is 26.6 Å². The smallest absolute Gasteiger partial charge is 0.255 e. The van der Waals surface area contributed by atoms with Gasteiger partial charge in [-0.3, -0.25) is 9.59 Å². The minimum absolute atomic E-state index is 0.00279. The van der Waals surface area contributed by atoms with Gasteiger partial charge in [-0.15, -0.1) is 6.58 Å². The van der Waals surface area contributed by atoms with E-state index in [4.69, 9.17) is 0 Å². The fourth-order valence-electron chi connectivity index (χ4n) is 3.30. The lowest BCUT2D eigenvalue weighted by Gasteiger charge is -2.26. The van der Waals surface area contributed by atoms with Gasteiger partial charge in [0.05, 0.1) is 0 Å². The van der Waals surface area contributed by atoms with Crippen LogP contribution in [-0.2, 0) is 21.4 Å². The molecule has 0 unspecified atom stereocenters. The van der Waals surface area contributed by atoms with Gasteiger partial charge < -0.3 is 10.2 Å². The van der Waals surface area contributed by atoms with Crippen LogP contribution in [0, 0.1) is 5.82 Å². The summed E-state index contributed by atoms with van der Waals surface area (Å²) in [6.07, 6.45) is 3.76. The van der Waals surface area contributed by atoms with Gasteiger partial charge in [-0.05, 0) is 48.7 Å². The molecule has 0 aromatic heterocycles. The van der Waals surface area contributed by atoms with Crippen molar-refractivity contribution in [2.75, 3.05) is 18.4 Å². The number of piperidine rings is 1. The maximum absolute atomic E-state index is 14.1. The lowest BCUT2D eigenvalue weighted by molar-refractivity contribution is -0.133. The van der Waals surface area contributed by atoms with Crippen LogP contribution in [-0.4, -0.2) is 38.2 Å². The van der Waals surface area contributed by atoms with Crippen molar-refractivity contribution < 1.29 is 22.4 Å². The van der Waals surface area contributed by atoms with Crippen LogP contribution in [0.1, 0.15) is 35.2 Å². The predicted octanol–water partition coefficient (Wildman–Crippen LogP) is 3.05. The van der Waals surface area contributed by atoms with Crippen molar-refractivity contribution in [3.05, 3.63) is 72.1 Å². The summed E-state index contributed by atoms with van der Waals surface area (Å²) in [7, 11) is -4.12. The van der Waals surface area contributed by atoms with Crippen molar-refractivity contribution >= 4 is 27.5 Å². The second kappa shape index (κ2) is 9.84. The average molecular weight is 446 g/mol. The molecule has 0 aliphatic carbocycles. The SMILES string of the molecule is C=CCNS(=O)(=O)c1cc(C(=O)Nc2cccc(CN3CCCCC3=O)c2)ccc1F. The van der Waals surface area contributed by atoms with Gasteiger partial charge in [-0.2, -0.15) is 0 Å². The molecule has 0 bridgehead atoms. The number of nitrogens with one attached hydrogen (secondary N) is 2. The summed E-state index contributed by atoms with van der Waals surface area (Å²) < 4.78 is 40.7. The zero-order chi connectivity index (χ0) is 22.4. The minimum atomic E-state index is -4.12. The molecule has 1 aliphatic heterocycles. The first-order chi connectivity index (χ1) is 14.8. The highest BCUT2D eigenvalue weighted by Gasteiger charge is 2.21. The molecule has 1 fully saturated rings. The first kappa shape index (κ1) is 22.6. The van der Waals surface area contributed by atoms with Crippen molar-refractivity contribution in [2.45, 2.75) is 30.7 Å². The fourth-order valence-corrected chi connectivity index (χ4v) is 4.40. The third-order valence-electron chi connectivity index (χ3n) is 4.88. The highest BCUT2D eigenvalue weighted by atomic mass is 32.2. The molecule has 0 saturated carbocycles. The number of anilines is 1. The summed E-state index contributed by atoms with van der Waals surface area (Å²) in [5.41, 5.74) is 1.35. The number of rotatable bonds is 8. The third-order valence-corrected chi connectivity index (χ3v) is 6.32. The van der Waals surface area contributed by atoms with E-state index in [1.54, 1.807) is 23.1 Å². The first-order valence-corrected chi connectivity index (χ1v) is 11.4. The zero-order valence-electron chi connectivity index (χ0n) is 16.9. The van der Waals surface area contributed by atoms with E-state index in [1.807, 2.05) is 6.07 Å². The lowest BCUT2D eigenvalue weighted by Crippen LogP contribution is -2.34. The van der Waals surface area contributed by atoms with Crippen molar-refractivity contribution in [2.24, 2.45) is 0 Å². The summed E-state index contributed by atoms with van der Waals surface area (Å²) >= 11 is 0. The normalized spacial score (nSPS) is 14.4. The Bertz CT molecular complexity index is 1100. The molecule has 31 heavy (non-hydrogen) atoms. The summed E-state index contributed by atoms with van der Waals surface area (Å²) in [5, 5.41) is 2.69. The summed E-state index contributed by atoms with van der Waals surface area (Å²) in [6, 6.07) is 10.2. The van der Waals surface area contributed by atoms with Gasteiger partial charge in [0.2, 0.25) is 15.9 Å². The number of sulfonamides is 1. The van der Waals surface area contributed by atoms with Gasteiger partial charge in [0.25, 0.3) is 5.91 Å². The summed E-state index contributed by atoms with van der Waals surface area (Å²) in [6.45, 7) is 4.51. The topological polar surface area (TPSA) is 95.6 Å². The van der Waals surface area contributed by atoms with Crippen LogP contribution in [0.15, 0.2) is 60.0 Å². The van der Waals surface area contributed by atoms with Crippen LogP contribution >= 0.6 is 0 Å². The molecule has 1 saturated heterocycles. The highest BCUT2D eigenvalue weighted by molar-refractivity contribution is 7.89. The molecule has 0 atom stereocenters. The van der Waals surface area contributed by atoms with E-state index in [2.05, 4.69) is 16.6 Å². The quantitative estimate of drug-likeness (QED) is 0.611. The number of benzene rings is 2. The van der Waals surface area contributed by atoms with Crippen molar-refractivity contribution in [1.82, 2.24) is 9.62 Å². The molecule has 0 radical (unpaired) electrons. The van der Waals surface area contributed by atoms with Gasteiger partial charge in [-0.25, -0.2) is 17.5 Å². The highest BCUT2D eigenvalue weighted by Crippen LogP contribution is 2.20. The third kappa shape index (κ3) is 5.77. The molecule has 2 aromatic carbocycles. The number of carbonyl (C=O) groups excluding carboxylic acids is 2. The maximum atomic E-state index is 14.1. The molecular formula is C22H24FN3O4S. The molecule has 2 N–H and O–H groups in total. The van der Waals surface area contributed by atoms with Crippen LogP contribution in [0.25, 0.3) is 0 Å². The van der Waals surface area contributed by atoms with Crippen LogP contribution in [0.5, 0.6) is 0 Å². The fraction of sp³-hybridized carbons (Fsp3) is 0.273. The molecule has 1 heterocycles. The number of carbonyl (C=O) groups is 2. The van der Waals surface area contributed by atoms with Gasteiger partial charge in [0, 0.05) is 37.3 Å². The lowest BCUT2D eigenvalue weighted by atomic mass is 10.1. The molecule has 0 spiro atoms. The number of hydrogen-bond donors (Lipinski definition) is 2. The Hall–Kier alpha value is -3.04. The number of hydrogen-bond acceptors (Lipinski definition) is 4. The summed E-state index contributed by atoms with van der Waals surface area (Å²) in [5.74, 6) is -1.42. The average Bonchev–Trinajstić information content (AvgIpc) is 2.74. The van der Waals surface area contributed by atoms with Crippen LogP contribution in [0.2, 0.25) is 0 Å². The Morgan fingerprint density at radius 2 is 2.00 bits per heavy atom. The summed E-state index contributed by atoms with van der Waals surface area (Å²) in [4.78, 5) is 25.8. The Morgan fingerprint density at radius 3 is 2.74 bits per heavy atom. The molecule has 164 valence electrons. The first-order valence-electron chi connectivity index (χ1n) is 9.88. The molecular weight excluding hydrogens is 421 g/mol. The largest absolute Gasteiger partial charge is 0.338 e. The Morgan fingerprint density at radius 1 is 1.19 bits per heavy atom. The Labute approximate surface area is 181 Å². The van der Waals surface area contributed by atoms with E-state index >= 15 is 0 Å². The van der Waals surface area contributed by atoms with Crippen molar-refractivity contribution in [1.29, 1.82) is 0 Å². The zero-order valence-corrected chi connectivity index (χ0v) is 17.8. The number of amides is 2. The number of likely N-dealkylation sites (tertiary alicyclic amines) is 1. The van der Waals surface area contributed by atoms with E-state index in [0.717, 1.165) is 30.5 Å². The minimum Gasteiger partial charge on any atom is -0.338 e. The molecule has 1 aliphatic rings. The maximum Gasteiger partial charge on any atom is 0.255 e. The van der Waals surface area contributed by atoms with E-state index in [9.17, 15) is 22.4 Å². The van der Waals surface area contributed by atoms with Gasteiger partial charge >= 0.3 is 0 Å². The van der Waals surface area contributed by atoms with Crippen LogP contribution in [0.3, 0.4) is 0 Å². The number of halogens is 1. The second-order valence-corrected chi connectivity index (χ2v) is 8.95. The molecule has 2 aromatic rings. The Balaban J connectivity index is 1.75. The van der Waals surface area contributed by atoms with E-state index in [-0.39, 0.29) is 18.0 Å². The second-order valence-electron chi connectivity index (χ2n) is 7.21. The molecule has 3 rings (SSSR count). The predicted molar refractivity (Wildman–Crippen MR) is 115 cm³/mol. The van der Waals surface area contributed by atoms with Crippen molar-refractivity contribution in [3.63, 3.8) is 0 Å². The molecule has 9 heteroatoms. The van der Waals surface area contributed by atoms with E-state index in [1.165, 1.54) is 12.1 Å². The Kier molecular flexibility index (Phi) is 7.19.